The number of aliphatic carboxylic acids is 2. The van der Waals surface area contributed by atoms with Gasteiger partial charge in [-0.3, -0.25) is 4.79 Å². The van der Waals surface area contributed by atoms with Crippen molar-refractivity contribution < 1.29 is 79.9 Å². The van der Waals surface area contributed by atoms with Gasteiger partial charge in [0.2, 0.25) is 12.2 Å². The van der Waals surface area contributed by atoms with Crippen LogP contribution in [0.15, 0.2) is 93.9 Å². The number of anilines is 1. The minimum Gasteiger partial charge on any atom is -0.744 e. The van der Waals surface area contributed by atoms with Gasteiger partial charge in [0.05, 0.1) is 15.2 Å². The molecule has 0 aliphatic carbocycles. The van der Waals surface area contributed by atoms with E-state index in [4.69, 9.17) is 0 Å². The van der Waals surface area contributed by atoms with Crippen LogP contribution in [-0.4, -0.2) is 71.5 Å². The van der Waals surface area contributed by atoms with Crippen molar-refractivity contribution in [2.45, 2.75) is 55.2 Å². The van der Waals surface area contributed by atoms with Gasteiger partial charge in [0, 0.05) is 34.5 Å². The molecule has 244 valence electrons. The van der Waals surface area contributed by atoms with E-state index in [1.165, 1.54) is 24.3 Å². The molecular formula is C32H33N2NaO10S2. The van der Waals surface area contributed by atoms with Crippen molar-refractivity contribution in [1.82, 2.24) is 0 Å². The molecule has 2 aromatic carbocycles. The second kappa shape index (κ2) is 13.6. The van der Waals surface area contributed by atoms with Gasteiger partial charge < -0.3 is 24.2 Å². The molecule has 0 saturated carbocycles. The maximum absolute atomic E-state index is 11.7. The summed E-state index contributed by atoms with van der Waals surface area (Å²) in [7, 11) is -9.44. The van der Waals surface area contributed by atoms with E-state index in [1.54, 1.807) is 73.6 Å². The number of nitrogens with zero attached hydrogens (tertiary/aromatic N) is 2. The van der Waals surface area contributed by atoms with Crippen LogP contribution in [-0.2, 0) is 40.7 Å². The van der Waals surface area contributed by atoms with Gasteiger partial charge >= 0.3 is 41.5 Å². The van der Waals surface area contributed by atoms with Crippen molar-refractivity contribution in [2.75, 3.05) is 18.0 Å². The molecule has 0 radical (unpaired) electrons. The van der Waals surface area contributed by atoms with Crippen LogP contribution in [0.3, 0.4) is 0 Å². The Morgan fingerprint density at radius 2 is 1.45 bits per heavy atom. The predicted octanol–water partition coefficient (Wildman–Crippen LogP) is 0.785. The van der Waals surface area contributed by atoms with Crippen molar-refractivity contribution in [3.63, 3.8) is 0 Å². The zero-order valence-electron chi connectivity index (χ0n) is 26.7. The Morgan fingerprint density at radius 3 is 2.00 bits per heavy atom. The van der Waals surface area contributed by atoms with E-state index in [2.05, 4.69) is 0 Å². The van der Waals surface area contributed by atoms with Gasteiger partial charge in [-0.25, -0.2) is 21.6 Å². The summed E-state index contributed by atoms with van der Waals surface area (Å²) in [4.78, 5) is 24.1. The van der Waals surface area contributed by atoms with Crippen molar-refractivity contribution in [1.29, 1.82) is 0 Å². The van der Waals surface area contributed by atoms with E-state index >= 15 is 0 Å². The van der Waals surface area contributed by atoms with Gasteiger partial charge in [0.15, 0.2) is 5.71 Å². The molecule has 4 rings (SSSR count). The van der Waals surface area contributed by atoms with Gasteiger partial charge in [0.25, 0.3) is 0 Å². The molecule has 0 fully saturated rings. The molecule has 2 aliphatic rings. The van der Waals surface area contributed by atoms with Gasteiger partial charge in [-0.05, 0) is 62.7 Å². The smallest absolute Gasteiger partial charge is 0.744 e. The first-order valence-electron chi connectivity index (χ1n) is 14.0. The van der Waals surface area contributed by atoms with E-state index in [1.807, 2.05) is 6.92 Å². The maximum Gasteiger partial charge on any atom is 1.00 e. The average molecular weight is 693 g/mol. The summed E-state index contributed by atoms with van der Waals surface area (Å²) in [5.41, 5.74) is 2.24. The monoisotopic (exact) mass is 692 g/mol. The van der Waals surface area contributed by atoms with E-state index in [0.29, 0.717) is 33.9 Å². The Balaban J connectivity index is 0.00000600. The number of rotatable bonds is 10. The fourth-order valence-electron chi connectivity index (χ4n) is 5.87. The van der Waals surface area contributed by atoms with Gasteiger partial charge in [0.1, 0.15) is 26.8 Å². The molecule has 47 heavy (non-hydrogen) atoms. The van der Waals surface area contributed by atoms with Crippen molar-refractivity contribution >= 4 is 49.3 Å². The first-order chi connectivity index (χ1) is 21.2. The van der Waals surface area contributed by atoms with Crippen molar-refractivity contribution in [3.8, 4) is 0 Å². The molecule has 0 amide bonds. The van der Waals surface area contributed by atoms with Gasteiger partial charge in [-0.2, -0.15) is 4.58 Å². The molecule has 0 bridgehead atoms. The normalized spacial score (nSPS) is 18.1. The first-order valence-corrected chi connectivity index (χ1v) is 16.8. The van der Waals surface area contributed by atoms with Crippen LogP contribution in [0.5, 0.6) is 0 Å². The number of benzene rings is 2. The summed E-state index contributed by atoms with van der Waals surface area (Å²) in [6.45, 7) is 8.25. The molecule has 0 aromatic heterocycles. The first kappa shape index (κ1) is 38.1. The summed E-state index contributed by atoms with van der Waals surface area (Å²) in [5, 5.41) is 19.1. The fourth-order valence-corrected chi connectivity index (χ4v) is 6.86. The predicted molar refractivity (Wildman–Crippen MR) is 167 cm³/mol. The van der Waals surface area contributed by atoms with Crippen LogP contribution in [0.2, 0.25) is 0 Å². The second-order valence-electron chi connectivity index (χ2n) is 12.0. The number of carbonyl (C=O) groups is 2. The van der Waals surface area contributed by atoms with Crippen LogP contribution >= 0.6 is 0 Å². The Kier molecular flexibility index (Phi) is 11.0. The Labute approximate surface area is 295 Å². The summed E-state index contributed by atoms with van der Waals surface area (Å²) >= 11 is 0. The maximum atomic E-state index is 11.7. The molecule has 0 atom stereocenters. The Bertz CT molecular complexity index is 2020. The molecule has 0 unspecified atom stereocenters. The quantitative estimate of drug-likeness (QED) is 0.155. The van der Waals surface area contributed by atoms with Crippen molar-refractivity contribution in [3.05, 3.63) is 95.3 Å². The third kappa shape index (κ3) is 7.86. The Hall–Kier alpha value is -3.37. The summed E-state index contributed by atoms with van der Waals surface area (Å²) in [5.74, 6) is -2.20. The molecule has 2 heterocycles. The molecular weight excluding hydrogens is 659 g/mol. The molecule has 2 aliphatic heterocycles. The van der Waals surface area contributed by atoms with Crippen LogP contribution in [0.25, 0.3) is 0 Å². The number of hydrogen-bond donors (Lipinski definition) is 2. The van der Waals surface area contributed by atoms with Crippen LogP contribution in [0, 0.1) is 0 Å². The number of hydrogen-bond acceptors (Lipinski definition) is 9. The van der Waals surface area contributed by atoms with Crippen LogP contribution in [0.1, 0.15) is 45.7 Å². The van der Waals surface area contributed by atoms with Crippen LogP contribution in [0.4, 0.5) is 11.4 Å². The second-order valence-corrected chi connectivity index (χ2v) is 14.8. The number of fused-ring (bicyclic) bond motifs is 2. The van der Waals surface area contributed by atoms with E-state index in [9.17, 15) is 45.7 Å². The van der Waals surface area contributed by atoms with E-state index < -0.39 is 52.8 Å². The summed E-state index contributed by atoms with van der Waals surface area (Å²) in [6.07, 6.45) is 10.4. The largest absolute Gasteiger partial charge is 1.00 e. The zero-order chi connectivity index (χ0) is 34.4. The number of allylic oxidation sites excluding steroid dienone is 8. The molecule has 0 saturated heterocycles. The summed E-state index contributed by atoms with van der Waals surface area (Å²) < 4.78 is 71.4. The molecule has 2 aromatic rings. The summed E-state index contributed by atoms with van der Waals surface area (Å²) in [6, 6.07) is 7.74. The SMILES string of the molecule is CC(/C=C/C=C1/N(CC(=O)O)c2ccc(S(=O)(=O)[O-])cc2C1(C)C)=C\C=C\C1=[N+](CC(=O)O)c2ccc(S(=O)(=O)[O-])cc2C1(C)C.[Na+]. The molecule has 15 heteroatoms. The average Bonchev–Trinajstić information content (AvgIpc) is 3.25. The molecule has 0 spiro atoms. The van der Waals surface area contributed by atoms with E-state index in [-0.39, 0.29) is 42.6 Å². The van der Waals surface area contributed by atoms with Gasteiger partial charge in [-0.15, -0.1) is 0 Å². The number of carboxylic acid groups (broad SMARTS) is 2. The fraction of sp³-hybridized carbons (Fsp3) is 0.281. The molecule has 2 N–H and O–H groups in total. The zero-order valence-corrected chi connectivity index (χ0v) is 30.3. The molecule has 12 nitrogen and oxygen atoms in total. The van der Waals surface area contributed by atoms with E-state index in [0.717, 1.165) is 17.7 Å². The number of carboxylic acids is 2. The Morgan fingerprint density at radius 1 is 0.872 bits per heavy atom. The topological polar surface area (TPSA) is 195 Å². The standard InChI is InChI=1S/C32H34N2O10S2.Na/c1-20(8-6-10-27-31(2,3)23-16-21(45(39,40)41)12-14-25(23)33(27)18-29(35)36)9-7-11-28-32(4,5)24-17-22(46(42,43)44)13-15-26(24)34(28)19-30(37)38;/h6-17H,18-19H2,1-5H3,(H3-,35,36,37,38,39,40,41,42,43,44);/q;+1/p-1. The third-order valence-corrected chi connectivity index (χ3v) is 9.78. The van der Waals surface area contributed by atoms with Gasteiger partial charge in [-0.1, -0.05) is 43.7 Å². The minimum atomic E-state index is -4.72. The van der Waals surface area contributed by atoms with Crippen molar-refractivity contribution in [2.24, 2.45) is 0 Å². The minimum absolute atomic E-state index is 0. The van der Waals surface area contributed by atoms with Crippen LogP contribution < -0.4 is 34.5 Å². The third-order valence-electron chi connectivity index (χ3n) is 8.12.